The van der Waals surface area contributed by atoms with Crippen LogP contribution in [-0.2, 0) is 10.0 Å². The number of nitrogens with zero attached hydrogens (tertiary/aromatic N) is 2. The number of aryl methyl sites for hydroxylation is 2. The Hall–Kier alpha value is -1.80. The highest BCUT2D eigenvalue weighted by Gasteiger charge is 2.19. The molecule has 6 nitrogen and oxygen atoms in total. The maximum Gasteiger partial charge on any atom is 0.240 e. The van der Waals surface area contributed by atoms with Crippen molar-refractivity contribution in [2.24, 2.45) is 0 Å². The van der Waals surface area contributed by atoms with Gasteiger partial charge in [-0.25, -0.2) is 13.1 Å². The number of halogens is 1. The Morgan fingerprint density at radius 3 is 2.20 bits per heavy atom. The molecule has 0 aromatic heterocycles. The maximum atomic E-state index is 12.6. The zero-order valence-electron chi connectivity index (χ0n) is 17.8. The normalized spacial score (nSPS) is 15.4. The number of benzene rings is 2. The Morgan fingerprint density at radius 2 is 1.63 bits per heavy atom. The molecule has 2 aromatic rings. The van der Waals surface area contributed by atoms with E-state index in [1.54, 1.807) is 19.2 Å². The van der Waals surface area contributed by atoms with Crippen molar-refractivity contribution < 1.29 is 13.2 Å². The van der Waals surface area contributed by atoms with Crippen molar-refractivity contribution in [1.29, 1.82) is 0 Å². The van der Waals surface area contributed by atoms with E-state index in [4.69, 9.17) is 16.3 Å². The van der Waals surface area contributed by atoms with Crippen LogP contribution < -0.4 is 14.4 Å². The van der Waals surface area contributed by atoms with E-state index in [-0.39, 0.29) is 4.90 Å². The van der Waals surface area contributed by atoms with Gasteiger partial charge in [0.1, 0.15) is 5.75 Å². The van der Waals surface area contributed by atoms with Gasteiger partial charge in [-0.1, -0.05) is 11.6 Å². The van der Waals surface area contributed by atoms with Gasteiger partial charge in [0, 0.05) is 43.4 Å². The summed E-state index contributed by atoms with van der Waals surface area (Å²) in [7, 11) is -1.93. The number of ether oxygens (including phenoxy) is 1. The molecule has 8 heteroatoms. The second-order valence-corrected chi connectivity index (χ2v) is 9.85. The second kappa shape index (κ2) is 10.0. The average molecular weight is 452 g/mol. The summed E-state index contributed by atoms with van der Waals surface area (Å²) in [5, 5.41) is 0.750. The highest BCUT2D eigenvalue weighted by Crippen LogP contribution is 2.26. The first-order chi connectivity index (χ1) is 14.3. The number of sulfonamides is 1. The van der Waals surface area contributed by atoms with Crippen LogP contribution in [0.25, 0.3) is 0 Å². The smallest absolute Gasteiger partial charge is 0.240 e. The Balaban J connectivity index is 1.44. The lowest BCUT2D eigenvalue weighted by molar-refractivity contribution is 0.255. The van der Waals surface area contributed by atoms with E-state index >= 15 is 0 Å². The molecular formula is C22H30ClN3O3S. The molecule has 0 aliphatic carbocycles. The highest BCUT2D eigenvalue weighted by molar-refractivity contribution is 7.89. The van der Waals surface area contributed by atoms with Gasteiger partial charge in [-0.3, -0.25) is 4.90 Å². The van der Waals surface area contributed by atoms with Gasteiger partial charge in [-0.15, -0.1) is 0 Å². The molecule has 0 spiro atoms. The summed E-state index contributed by atoms with van der Waals surface area (Å²) in [6.07, 6.45) is 0.772. The molecule has 2 aromatic carbocycles. The molecule has 1 saturated heterocycles. The van der Waals surface area contributed by atoms with Crippen molar-refractivity contribution in [3.05, 3.63) is 52.5 Å². The van der Waals surface area contributed by atoms with E-state index in [1.807, 2.05) is 26.0 Å². The predicted molar refractivity (Wildman–Crippen MR) is 122 cm³/mol. The van der Waals surface area contributed by atoms with Crippen LogP contribution in [0, 0.1) is 13.8 Å². The van der Waals surface area contributed by atoms with Gasteiger partial charge < -0.3 is 9.64 Å². The number of anilines is 1. The monoisotopic (exact) mass is 451 g/mol. The standard InChI is InChI=1S/C22H30ClN3O3S/c1-17-15-21(16-18(2)22(17)29-3)30(27,28)24-9-4-10-25-11-13-26(14-12-25)20-7-5-19(23)6-8-20/h5-8,15-16,24H,4,9-14H2,1-3H3. The summed E-state index contributed by atoms with van der Waals surface area (Å²) in [5.41, 5.74) is 2.82. The minimum absolute atomic E-state index is 0.287. The lowest BCUT2D eigenvalue weighted by Gasteiger charge is -2.36. The molecule has 1 heterocycles. The molecular weight excluding hydrogens is 422 g/mol. The van der Waals surface area contributed by atoms with Crippen molar-refractivity contribution in [3.8, 4) is 5.75 Å². The first kappa shape index (κ1) is 22.9. The lowest BCUT2D eigenvalue weighted by atomic mass is 10.1. The minimum atomic E-state index is -3.52. The van der Waals surface area contributed by atoms with E-state index in [9.17, 15) is 8.42 Å². The summed E-state index contributed by atoms with van der Waals surface area (Å²) in [6.45, 7) is 8.85. The van der Waals surface area contributed by atoms with E-state index in [2.05, 4.69) is 26.7 Å². The average Bonchev–Trinajstić information content (AvgIpc) is 2.72. The number of hydrogen-bond donors (Lipinski definition) is 1. The molecule has 164 valence electrons. The molecule has 1 N–H and O–H groups in total. The Morgan fingerprint density at radius 1 is 1.03 bits per heavy atom. The molecule has 1 fully saturated rings. The zero-order chi connectivity index (χ0) is 21.7. The Bertz CT molecular complexity index is 933. The van der Waals surface area contributed by atoms with Gasteiger partial charge in [0.05, 0.1) is 12.0 Å². The molecule has 1 aliphatic rings. The van der Waals surface area contributed by atoms with Crippen LogP contribution in [0.1, 0.15) is 17.5 Å². The minimum Gasteiger partial charge on any atom is -0.496 e. The fraction of sp³-hybridized carbons (Fsp3) is 0.455. The van der Waals surface area contributed by atoms with Crippen LogP contribution in [0.2, 0.25) is 5.02 Å². The molecule has 0 amide bonds. The fourth-order valence-electron chi connectivity index (χ4n) is 3.86. The van der Waals surface area contributed by atoms with E-state index in [0.717, 1.165) is 61.0 Å². The van der Waals surface area contributed by atoms with Gasteiger partial charge in [0.15, 0.2) is 0 Å². The van der Waals surface area contributed by atoms with Crippen LogP contribution in [0.3, 0.4) is 0 Å². The van der Waals surface area contributed by atoms with Crippen LogP contribution >= 0.6 is 11.6 Å². The summed E-state index contributed by atoms with van der Waals surface area (Å²) in [4.78, 5) is 5.02. The summed E-state index contributed by atoms with van der Waals surface area (Å²) < 4.78 is 33.3. The second-order valence-electron chi connectivity index (χ2n) is 7.65. The molecule has 1 aliphatic heterocycles. The van der Waals surface area contributed by atoms with Crippen LogP contribution in [-0.4, -0.2) is 59.7 Å². The fourth-order valence-corrected chi connectivity index (χ4v) is 5.23. The van der Waals surface area contributed by atoms with Gasteiger partial charge in [0.2, 0.25) is 10.0 Å². The SMILES string of the molecule is COc1c(C)cc(S(=O)(=O)NCCCN2CCN(c3ccc(Cl)cc3)CC2)cc1C. The summed E-state index contributed by atoms with van der Waals surface area (Å²) in [6, 6.07) is 11.3. The molecule has 0 radical (unpaired) electrons. The molecule has 3 rings (SSSR count). The lowest BCUT2D eigenvalue weighted by Crippen LogP contribution is -2.47. The van der Waals surface area contributed by atoms with E-state index in [1.165, 1.54) is 5.69 Å². The van der Waals surface area contributed by atoms with Crippen LogP contribution in [0.5, 0.6) is 5.75 Å². The quantitative estimate of drug-likeness (QED) is 0.623. The van der Waals surface area contributed by atoms with Gasteiger partial charge >= 0.3 is 0 Å². The molecule has 0 bridgehead atoms. The van der Waals surface area contributed by atoms with Gasteiger partial charge in [0.25, 0.3) is 0 Å². The highest BCUT2D eigenvalue weighted by atomic mass is 35.5. The molecule has 0 saturated carbocycles. The van der Waals surface area contributed by atoms with Gasteiger partial charge in [-0.2, -0.15) is 0 Å². The van der Waals surface area contributed by atoms with E-state index in [0.29, 0.717) is 6.54 Å². The van der Waals surface area contributed by atoms with Crippen molar-refractivity contribution >= 4 is 27.3 Å². The number of hydrogen-bond acceptors (Lipinski definition) is 5. The number of nitrogens with one attached hydrogen (secondary N) is 1. The van der Waals surface area contributed by atoms with Crippen molar-refractivity contribution in [1.82, 2.24) is 9.62 Å². The van der Waals surface area contributed by atoms with Crippen molar-refractivity contribution in [2.75, 3.05) is 51.3 Å². The molecule has 0 unspecified atom stereocenters. The zero-order valence-corrected chi connectivity index (χ0v) is 19.4. The van der Waals surface area contributed by atoms with Gasteiger partial charge in [-0.05, 0) is 74.3 Å². The van der Waals surface area contributed by atoms with E-state index < -0.39 is 10.0 Å². The number of methoxy groups -OCH3 is 1. The first-order valence-corrected chi connectivity index (χ1v) is 12.0. The van der Waals surface area contributed by atoms with Crippen molar-refractivity contribution in [3.63, 3.8) is 0 Å². The molecule has 30 heavy (non-hydrogen) atoms. The maximum absolute atomic E-state index is 12.6. The third kappa shape index (κ3) is 5.66. The van der Waals surface area contributed by atoms with Crippen LogP contribution in [0.15, 0.2) is 41.3 Å². The largest absolute Gasteiger partial charge is 0.496 e. The summed E-state index contributed by atoms with van der Waals surface area (Å²) >= 11 is 5.96. The van der Waals surface area contributed by atoms with Crippen LogP contribution in [0.4, 0.5) is 5.69 Å². The third-order valence-corrected chi connectivity index (χ3v) is 7.15. The topological polar surface area (TPSA) is 61.9 Å². The number of rotatable bonds is 8. The Labute approximate surface area is 184 Å². The summed E-state index contributed by atoms with van der Waals surface area (Å²) in [5.74, 6) is 0.728. The van der Waals surface area contributed by atoms with Crippen molar-refractivity contribution in [2.45, 2.75) is 25.2 Å². The number of piperazine rings is 1. The predicted octanol–water partition coefficient (Wildman–Crippen LogP) is 3.46. The Kier molecular flexibility index (Phi) is 7.63. The first-order valence-electron chi connectivity index (χ1n) is 10.2. The third-order valence-electron chi connectivity index (χ3n) is 5.46. The molecule has 0 atom stereocenters.